The molecule has 2 atom stereocenters. The summed E-state index contributed by atoms with van der Waals surface area (Å²) in [6.07, 6.45) is 3.36. The molecular weight excluding hydrogens is 152 g/mol. The second-order valence-corrected chi connectivity index (χ2v) is 4.39. The van der Waals surface area contributed by atoms with Crippen LogP contribution in [0, 0.1) is 11.3 Å². The van der Waals surface area contributed by atoms with E-state index in [2.05, 4.69) is 20.8 Å². The number of ether oxygens (including phenoxy) is 1. The van der Waals surface area contributed by atoms with Crippen LogP contribution in [-0.4, -0.2) is 11.9 Å². The molecule has 0 aromatic carbocycles. The van der Waals surface area contributed by atoms with Gasteiger partial charge in [-0.1, -0.05) is 20.8 Å². The maximum Gasteiger partial charge on any atom is 0.170 e. The number of Topliss-reactive ketones (excluding diaryl/α,β-unsaturated/α-hetero) is 1. The van der Waals surface area contributed by atoms with Crippen LogP contribution in [0.2, 0.25) is 0 Å². The Morgan fingerprint density at radius 2 is 2.00 bits per heavy atom. The zero-order valence-corrected chi connectivity index (χ0v) is 8.13. The van der Waals surface area contributed by atoms with Gasteiger partial charge in [-0.15, -0.1) is 0 Å². The third kappa shape index (κ3) is 1.68. The number of ketones is 1. The first-order valence-corrected chi connectivity index (χ1v) is 4.25. The summed E-state index contributed by atoms with van der Waals surface area (Å²) in [6.45, 7) is 7.93. The Kier molecular flexibility index (Phi) is 2.27. The van der Waals surface area contributed by atoms with Crippen LogP contribution >= 0.6 is 0 Å². The van der Waals surface area contributed by atoms with E-state index in [1.54, 1.807) is 13.2 Å². The summed E-state index contributed by atoms with van der Waals surface area (Å²) in [5, 5.41) is 0. The molecule has 0 aromatic heterocycles. The second-order valence-electron chi connectivity index (χ2n) is 4.39. The molecule has 68 valence electrons. The Hall–Kier alpha value is -0.790. The highest BCUT2D eigenvalue weighted by molar-refractivity contribution is 5.81. The fourth-order valence-corrected chi connectivity index (χ4v) is 1.49. The van der Waals surface area contributed by atoms with Gasteiger partial charge in [-0.2, -0.15) is 0 Å². The molecule has 2 heteroatoms. The zero-order chi connectivity index (χ0) is 9.35. The summed E-state index contributed by atoms with van der Waals surface area (Å²) >= 11 is 0. The predicted octanol–water partition coefficient (Wildman–Crippen LogP) is 2.15. The van der Waals surface area contributed by atoms with E-state index in [0.29, 0.717) is 0 Å². The van der Waals surface area contributed by atoms with Crippen LogP contribution < -0.4 is 0 Å². The van der Waals surface area contributed by atoms with Gasteiger partial charge in [-0.3, -0.25) is 4.79 Å². The van der Waals surface area contributed by atoms with Gasteiger partial charge in [-0.05, 0) is 18.4 Å². The minimum absolute atomic E-state index is 0.101. The van der Waals surface area contributed by atoms with Crippen molar-refractivity contribution >= 4 is 5.78 Å². The minimum atomic E-state index is -0.259. The highest BCUT2D eigenvalue weighted by atomic mass is 16.5. The molecule has 2 unspecified atom stereocenters. The fraction of sp³-hybridized carbons (Fsp3) is 0.700. The van der Waals surface area contributed by atoms with Crippen LogP contribution in [0.3, 0.4) is 0 Å². The minimum Gasteiger partial charge on any atom is -0.490 e. The standard InChI is InChI=1S/C10H16O2/c1-7(11)9-8(5-6-12-9)10(2,3)4/h5-6,8-9H,1-4H3. The van der Waals surface area contributed by atoms with Crippen molar-refractivity contribution in [2.75, 3.05) is 0 Å². The number of hydrogen-bond donors (Lipinski definition) is 0. The van der Waals surface area contributed by atoms with Gasteiger partial charge >= 0.3 is 0 Å². The lowest BCUT2D eigenvalue weighted by molar-refractivity contribution is -0.127. The molecule has 0 radical (unpaired) electrons. The number of rotatable bonds is 1. The van der Waals surface area contributed by atoms with Crippen molar-refractivity contribution in [3.63, 3.8) is 0 Å². The first kappa shape index (κ1) is 9.30. The van der Waals surface area contributed by atoms with E-state index in [4.69, 9.17) is 4.74 Å². The van der Waals surface area contributed by atoms with Gasteiger partial charge in [-0.25, -0.2) is 0 Å². The molecule has 0 aliphatic carbocycles. The molecule has 12 heavy (non-hydrogen) atoms. The van der Waals surface area contributed by atoms with Crippen LogP contribution in [0.25, 0.3) is 0 Å². The normalized spacial score (nSPS) is 28.7. The molecular formula is C10H16O2. The molecule has 1 rings (SSSR count). The lowest BCUT2D eigenvalue weighted by Gasteiger charge is -2.28. The van der Waals surface area contributed by atoms with E-state index in [1.165, 1.54) is 0 Å². The van der Waals surface area contributed by atoms with E-state index in [-0.39, 0.29) is 23.2 Å². The van der Waals surface area contributed by atoms with E-state index >= 15 is 0 Å². The summed E-state index contributed by atoms with van der Waals surface area (Å²) in [7, 11) is 0. The van der Waals surface area contributed by atoms with Crippen molar-refractivity contribution < 1.29 is 9.53 Å². The van der Waals surface area contributed by atoms with Crippen LogP contribution in [-0.2, 0) is 9.53 Å². The maximum absolute atomic E-state index is 11.1. The monoisotopic (exact) mass is 168 g/mol. The van der Waals surface area contributed by atoms with Crippen molar-refractivity contribution in [1.29, 1.82) is 0 Å². The van der Waals surface area contributed by atoms with E-state index in [0.717, 1.165) is 0 Å². The number of carbonyl (C=O) groups is 1. The molecule has 1 aliphatic rings. The molecule has 0 fully saturated rings. The van der Waals surface area contributed by atoms with Crippen LogP contribution in [0.1, 0.15) is 27.7 Å². The molecule has 0 aromatic rings. The summed E-state index contributed by atoms with van der Waals surface area (Å²) in [5.74, 6) is 0.329. The summed E-state index contributed by atoms with van der Waals surface area (Å²) in [4.78, 5) is 11.1. The number of hydrogen-bond acceptors (Lipinski definition) is 2. The van der Waals surface area contributed by atoms with Crippen molar-refractivity contribution in [3.8, 4) is 0 Å². The van der Waals surface area contributed by atoms with E-state index in [9.17, 15) is 4.79 Å². The van der Waals surface area contributed by atoms with Gasteiger partial charge in [0.2, 0.25) is 0 Å². The van der Waals surface area contributed by atoms with Gasteiger partial charge < -0.3 is 4.74 Å². The van der Waals surface area contributed by atoms with Gasteiger partial charge in [0.05, 0.1) is 6.26 Å². The van der Waals surface area contributed by atoms with Crippen molar-refractivity contribution in [1.82, 2.24) is 0 Å². The molecule has 0 saturated carbocycles. The molecule has 0 N–H and O–H groups in total. The van der Waals surface area contributed by atoms with Crippen molar-refractivity contribution in [2.24, 2.45) is 11.3 Å². The van der Waals surface area contributed by atoms with E-state index in [1.807, 2.05) is 6.08 Å². The molecule has 0 spiro atoms. The highest BCUT2D eigenvalue weighted by Crippen LogP contribution is 2.35. The third-order valence-corrected chi connectivity index (χ3v) is 2.24. The quantitative estimate of drug-likeness (QED) is 0.599. The first-order valence-electron chi connectivity index (χ1n) is 4.25. The highest BCUT2D eigenvalue weighted by Gasteiger charge is 2.36. The van der Waals surface area contributed by atoms with Crippen molar-refractivity contribution in [3.05, 3.63) is 12.3 Å². The summed E-state index contributed by atoms with van der Waals surface area (Å²) < 4.78 is 5.22. The Morgan fingerprint density at radius 1 is 1.42 bits per heavy atom. The van der Waals surface area contributed by atoms with Crippen LogP contribution in [0.4, 0.5) is 0 Å². The maximum atomic E-state index is 11.1. The fourth-order valence-electron chi connectivity index (χ4n) is 1.49. The molecule has 0 amide bonds. The average Bonchev–Trinajstić information content (AvgIpc) is 2.30. The van der Waals surface area contributed by atoms with Crippen molar-refractivity contribution in [2.45, 2.75) is 33.8 Å². The Balaban J connectivity index is 2.76. The largest absolute Gasteiger partial charge is 0.490 e. The van der Waals surface area contributed by atoms with Crippen LogP contribution in [0.15, 0.2) is 12.3 Å². The van der Waals surface area contributed by atoms with Gasteiger partial charge in [0.1, 0.15) is 0 Å². The predicted molar refractivity (Wildman–Crippen MR) is 47.6 cm³/mol. The van der Waals surface area contributed by atoms with Gasteiger partial charge in [0.15, 0.2) is 11.9 Å². The number of carbonyl (C=O) groups excluding carboxylic acids is 1. The van der Waals surface area contributed by atoms with Gasteiger partial charge in [0.25, 0.3) is 0 Å². The molecule has 2 nitrogen and oxygen atoms in total. The van der Waals surface area contributed by atoms with E-state index < -0.39 is 0 Å². The molecule has 1 heterocycles. The molecule has 0 bridgehead atoms. The first-order chi connectivity index (χ1) is 5.43. The van der Waals surface area contributed by atoms with Crippen LogP contribution in [0.5, 0.6) is 0 Å². The SMILES string of the molecule is CC(=O)C1OC=CC1C(C)(C)C. The lowest BCUT2D eigenvalue weighted by Crippen LogP contribution is -2.33. The second kappa shape index (κ2) is 2.92. The zero-order valence-electron chi connectivity index (χ0n) is 8.13. The average molecular weight is 168 g/mol. The Labute approximate surface area is 73.6 Å². The smallest absolute Gasteiger partial charge is 0.170 e. The lowest BCUT2D eigenvalue weighted by atomic mass is 9.77. The topological polar surface area (TPSA) is 26.3 Å². The summed E-state index contributed by atoms with van der Waals surface area (Å²) in [5.41, 5.74) is 0.101. The van der Waals surface area contributed by atoms with Gasteiger partial charge in [0, 0.05) is 5.92 Å². The molecule has 1 aliphatic heterocycles. The molecule has 0 saturated heterocycles. The Bertz CT molecular complexity index is 210. The summed E-state index contributed by atoms with van der Waals surface area (Å²) in [6, 6.07) is 0. The Morgan fingerprint density at radius 3 is 2.33 bits per heavy atom. The third-order valence-electron chi connectivity index (χ3n) is 2.24.